The van der Waals surface area contributed by atoms with E-state index in [9.17, 15) is 4.79 Å². The summed E-state index contributed by atoms with van der Waals surface area (Å²) in [5.41, 5.74) is 0.657. The van der Waals surface area contributed by atoms with Crippen LogP contribution in [0.15, 0.2) is 0 Å². The minimum Gasteiger partial charge on any atom is -0.284 e. The lowest BCUT2D eigenvalue weighted by Crippen LogP contribution is -1.77. The summed E-state index contributed by atoms with van der Waals surface area (Å²) in [7, 11) is 0. The molecule has 3 nitrogen and oxygen atoms in total. The molecule has 0 aliphatic rings. The van der Waals surface area contributed by atoms with E-state index in [2.05, 4.69) is 9.59 Å². The van der Waals surface area contributed by atoms with Gasteiger partial charge >= 0.3 is 0 Å². The van der Waals surface area contributed by atoms with Crippen molar-refractivity contribution in [2.24, 2.45) is 0 Å². The second kappa shape index (κ2) is 2.00. The van der Waals surface area contributed by atoms with Gasteiger partial charge in [0.15, 0.2) is 0 Å². The summed E-state index contributed by atoms with van der Waals surface area (Å²) in [6.07, 6.45) is 1.72. The zero-order valence-corrected chi connectivity index (χ0v) is 5.03. The summed E-state index contributed by atoms with van der Waals surface area (Å²) < 4.78 is 3.52. The average molecular weight is 127 g/mol. The summed E-state index contributed by atoms with van der Waals surface area (Å²) in [5.74, 6) is 0. The summed E-state index contributed by atoms with van der Waals surface area (Å²) in [4.78, 5) is 10.4. The van der Waals surface area contributed by atoms with Gasteiger partial charge in [-0.25, -0.2) is 0 Å². The van der Waals surface area contributed by atoms with E-state index in [-0.39, 0.29) is 0 Å². The largest absolute Gasteiger partial charge is 0.284 e. The highest BCUT2D eigenvalue weighted by molar-refractivity contribution is 7.07. The van der Waals surface area contributed by atoms with Crippen molar-refractivity contribution in [3.05, 3.63) is 10.6 Å². The maximum Gasteiger partial charge on any atom is 0.247 e. The van der Waals surface area contributed by atoms with Crippen molar-refractivity contribution in [2.45, 2.75) is 6.92 Å². The van der Waals surface area contributed by atoms with Crippen LogP contribution in [-0.2, 0) is 4.79 Å². The van der Waals surface area contributed by atoms with Gasteiger partial charge in [0.2, 0.25) is 6.29 Å². The first-order chi connectivity index (χ1) is 3.84. The molecule has 0 aliphatic heterocycles. The number of nitrogens with zero attached hydrogens (tertiary/aromatic N) is 2. The molecule has 0 saturated heterocycles. The first-order valence-corrected chi connectivity index (χ1v) is 2.79. The number of aryl methyl sites for hydroxylation is 1. The van der Waals surface area contributed by atoms with Crippen molar-refractivity contribution >= 4 is 17.8 Å². The molecule has 0 N–H and O–H groups in total. The topological polar surface area (TPSA) is 42.9 Å². The Labute approximate surface area is 50.5 Å². The average Bonchev–Trinajstić information content (AvgIpc) is 2.14. The van der Waals surface area contributed by atoms with Gasteiger partial charge in [-0.1, -0.05) is 4.49 Å². The lowest BCUT2D eigenvalue weighted by molar-refractivity contribution is 0.563. The maximum atomic E-state index is 9.89. The van der Waals surface area contributed by atoms with Crippen LogP contribution < -0.4 is 0 Å². The second-order valence-electron chi connectivity index (χ2n) is 1.29. The monoisotopic (exact) mass is 127 g/mol. The number of hydrogen-bond donors (Lipinski definition) is 0. The number of carbonyl (C=O) groups excluding carboxylic acids is 1. The van der Waals surface area contributed by atoms with Crippen LogP contribution in [0, 0.1) is 6.92 Å². The van der Waals surface area contributed by atoms with Crippen molar-refractivity contribution < 1.29 is 4.79 Å². The van der Waals surface area contributed by atoms with Crippen LogP contribution in [0.5, 0.6) is 0 Å². The van der Waals surface area contributed by atoms with Crippen molar-refractivity contribution in [1.82, 2.24) is 9.59 Å². The molecule has 1 rings (SSSR count). The van der Waals surface area contributed by atoms with E-state index in [1.54, 1.807) is 13.2 Å². The van der Waals surface area contributed by atoms with Gasteiger partial charge in [0, 0.05) is 0 Å². The Kier molecular flexibility index (Phi) is 1.34. The molecule has 0 amide bonds. The van der Waals surface area contributed by atoms with Crippen LogP contribution in [0.4, 0.5) is 0 Å². The Morgan fingerprint density at radius 1 is 1.75 bits per heavy atom. The van der Waals surface area contributed by atoms with Gasteiger partial charge in [0.25, 0.3) is 0 Å². The zero-order chi connectivity index (χ0) is 5.98. The summed E-state index contributed by atoms with van der Waals surface area (Å²) in [5, 5.41) is 3.59. The predicted octanol–water partition coefficient (Wildman–Crippen LogP) is 0.304. The van der Waals surface area contributed by atoms with E-state index in [1.165, 1.54) is 0 Å². The molecule has 1 radical (unpaired) electrons. The third-order valence-electron chi connectivity index (χ3n) is 0.744. The van der Waals surface area contributed by atoms with E-state index in [0.29, 0.717) is 10.6 Å². The molecule has 1 aromatic heterocycles. The van der Waals surface area contributed by atoms with Crippen LogP contribution in [0.2, 0.25) is 0 Å². The SMILES string of the molecule is Cc1nnsc1[C]=O. The molecule has 4 heteroatoms. The Bertz CT molecular complexity index is 196. The third kappa shape index (κ3) is 0.742. The molecular weight excluding hydrogens is 124 g/mol. The molecule has 1 heterocycles. The Balaban J connectivity index is 3.09. The lowest BCUT2D eigenvalue weighted by atomic mass is 10.4. The van der Waals surface area contributed by atoms with Crippen LogP contribution >= 0.6 is 11.5 Å². The molecule has 41 valence electrons. The fourth-order valence-corrected chi connectivity index (χ4v) is 0.782. The molecule has 8 heavy (non-hydrogen) atoms. The molecule has 0 fully saturated rings. The van der Waals surface area contributed by atoms with Gasteiger partial charge in [-0.2, -0.15) is 0 Å². The highest BCUT2D eigenvalue weighted by Crippen LogP contribution is 2.03. The minimum atomic E-state index is 0.491. The van der Waals surface area contributed by atoms with E-state index < -0.39 is 0 Å². The number of hydrogen-bond acceptors (Lipinski definition) is 4. The smallest absolute Gasteiger partial charge is 0.247 e. The van der Waals surface area contributed by atoms with Crippen LogP contribution in [-0.4, -0.2) is 15.9 Å². The predicted molar refractivity (Wildman–Crippen MR) is 29.4 cm³/mol. The van der Waals surface area contributed by atoms with Gasteiger partial charge in [-0.15, -0.1) is 5.10 Å². The van der Waals surface area contributed by atoms with E-state index in [0.717, 1.165) is 11.5 Å². The van der Waals surface area contributed by atoms with Crippen molar-refractivity contribution in [1.29, 1.82) is 0 Å². The van der Waals surface area contributed by atoms with Crippen LogP contribution in [0.3, 0.4) is 0 Å². The number of aromatic nitrogens is 2. The normalized spacial score (nSPS) is 9.12. The molecular formula is C4H3N2OS. The van der Waals surface area contributed by atoms with Gasteiger partial charge < -0.3 is 0 Å². The molecule has 0 spiro atoms. The Morgan fingerprint density at radius 3 is 2.75 bits per heavy atom. The van der Waals surface area contributed by atoms with E-state index in [4.69, 9.17) is 0 Å². The molecule has 0 aliphatic carbocycles. The zero-order valence-electron chi connectivity index (χ0n) is 4.21. The Morgan fingerprint density at radius 2 is 2.50 bits per heavy atom. The first kappa shape index (κ1) is 5.37. The van der Waals surface area contributed by atoms with Crippen molar-refractivity contribution in [3.8, 4) is 0 Å². The summed E-state index contributed by atoms with van der Waals surface area (Å²) in [6.45, 7) is 1.73. The molecule has 0 atom stereocenters. The van der Waals surface area contributed by atoms with Gasteiger partial charge in [-0.05, 0) is 18.5 Å². The van der Waals surface area contributed by atoms with Gasteiger partial charge in [0.1, 0.15) is 4.88 Å². The minimum absolute atomic E-state index is 0.491. The Hall–Kier alpha value is -0.770. The molecule has 0 saturated carbocycles. The fourth-order valence-electron chi connectivity index (χ4n) is 0.326. The third-order valence-corrected chi connectivity index (χ3v) is 1.47. The summed E-state index contributed by atoms with van der Waals surface area (Å²) >= 11 is 1.06. The molecule has 0 bridgehead atoms. The van der Waals surface area contributed by atoms with Crippen molar-refractivity contribution in [3.63, 3.8) is 0 Å². The van der Waals surface area contributed by atoms with Gasteiger partial charge in [0.05, 0.1) is 5.69 Å². The van der Waals surface area contributed by atoms with E-state index in [1.807, 2.05) is 0 Å². The molecule has 0 unspecified atom stereocenters. The van der Waals surface area contributed by atoms with Gasteiger partial charge in [-0.3, -0.25) is 4.79 Å². The lowest BCUT2D eigenvalue weighted by Gasteiger charge is -1.72. The van der Waals surface area contributed by atoms with Crippen LogP contribution in [0.25, 0.3) is 0 Å². The molecule has 1 aromatic rings. The standard InChI is InChI=1S/C4H3N2OS/c1-3-4(2-7)8-6-5-3/h1H3. The van der Waals surface area contributed by atoms with Crippen molar-refractivity contribution in [2.75, 3.05) is 0 Å². The number of rotatable bonds is 1. The summed E-state index contributed by atoms with van der Waals surface area (Å²) in [6, 6.07) is 0. The second-order valence-corrected chi connectivity index (χ2v) is 2.04. The highest BCUT2D eigenvalue weighted by Gasteiger charge is 1.98. The quantitative estimate of drug-likeness (QED) is 0.545. The fraction of sp³-hybridized carbons (Fsp3) is 0.250. The first-order valence-electron chi connectivity index (χ1n) is 2.01. The van der Waals surface area contributed by atoms with E-state index >= 15 is 0 Å². The maximum absolute atomic E-state index is 9.89. The molecule has 0 aromatic carbocycles. The highest BCUT2D eigenvalue weighted by atomic mass is 32.1. The van der Waals surface area contributed by atoms with Crippen LogP contribution in [0.1, 0.15) is 10.6 Å².